The molecule has 4 rings (SSSR count). The highest BCUT2D eigenvalue weighted by Crippen LogP contribution is 2.33. The second-order valence-electron chi connectivity index (χ2n) is 9.83. The van der Waals surface area contributed by atoms with Gasteiger partial charge < -0.3 is 19.6 Å². The zero-order valence-corrected chi connectivity index (χ0v) is 23.0. The fraction of sp³-hybridized carbons (Fsp3) is 0.300. The Morgan fingerprint density at radius 1 is 0.975 bits per heavy atom. The predicted octanol–water partition coefficient (Wildman–Crippen LogP) is 5.78. The number of halogens is 2. The number of rotatable bonds is 8. The fourth-order valence-corrected chi connectivity index (χ4v) is 4.97. The highest BCUT2D eigenvalue weighted by atomic mass is 35.5. The summed E-state index contributed by atoms with van der Waals surface area (Å²) in [5.41, 5.74) is 0.801. The van der Waals surface area contributed by atoms with Gasteiger partial charge in [0.05, 0.1) is 6.04 Å². The third-order valence-corrected chi connectivity index (χ3v) is 7.13. The van der Waals surface area contributed by atoms with Gasteiger partial charge in [-0.1, -0.05) is 44.2 Å². The molecule has 1 saturated heterocycles. The molecule has 1 unspecified atom stereocenters. The summed E-state index contributed by atoms with van der Waals surface area (Å²) in [7, 11) is 0. The largest absolute Gasteiger partial charge is 0.465 e. The van der Waals surface area contributed by atoms with Crippen molar-refractivity contribution in [3.63, 3.8) is 0 Å². The molecule has 1 fully saturated rings. The fourth-order valence-electron chi connectivity index (χ4n) is 4.84. The van der Waals surface area contributed by atoms with E-state index in [-0.39, 0.29) is 25.6 Å². The second-order valence-corrected chi connectivity index (χ2v) is 10.1. The Hall–Kier alpha value is -4.11. The van der Waals surface area contributed by atoms with Crippen LogP contribution in [0, 0.1) is 11.7 Å². The summed E-state index contributed by atoms with van der Waals surface area (Å²) in [5, 5.41) is 9.66. The van der Waals surface area contributed by atoms with Crippen LogP contribution in [0.25, 0.3) is 0 Å². The van der Waals surface area contributed by atoms with E-state index in [0.29, 0.717) is 22.7 Å². The molecule has 0 bridgehead atoms. The number of carbonyl (C=O) groups is 3. The SMILES string of the molecule is CC(C)C1CN(C(=O)[C@@H](c2ccc(F)cc2)N(C(=O)CCl)c2ccc(Oc3ccccc3)cc2)CCN1C(=O)O. The summed E-state index contributed by atoms with van der Waals surface area (Å²) in [5.74, 6) is -0.688. The van der Waals surface area contributed by atoms with Crippen LogP contribution >= 0.6 is 11.6 Å². The first-order valence-electron chi connectivity index (χ1n) is 12.9. The normalized spacial score (nSPS) is 16.0. The minimum atomic E-state index is -1.16. The van der Waals surface area contributed by atoms with Crippen LogP contribution in [0.1, 0.15) is 25.5 Å². The van der Waals surface area contributed by atoms with Crippen LogP contribution in [0.15, 0.2) is 78.9 Å². The number of benzene rings is 3. The molecule has 1 heterocycles. The van der Waals surface area contributed by atoms with Gasteiger partial charge in [0.25, 0.3) is 5.91 Å². The van der Waals surface area contributed by atoms with E-state index in [1.54, 1.807) is 29.2 Å². The van der Waals surface area contributed by atoms with Crippen LogP contribution in [-0.4, -0.2) is 64.4 Å². The molecule has 3 aromatic carbocycles. The van der Waals surface area contributed by atoms with E-state index >= 15 is 0 Å². The smallest absolute Gasteiger partial charge is 0.407 e. The lowest BCUT2D eigenvalue weighted by Crippen LogP contribution is -2.59. The van der Waals surface area contributed by atoms with Gasteiger partial charge in [0, 0.05) is 25.3 Å². The van der Waals surface area contributed by atoms with E-state index in [1.807, 2.05) is 44.2 Å². The zero-order valence-electron chi connectivity index (χ0n) is 22.2. The summed E-state index contributed by atoms with van der Waals surface area (Å²) >= 11 is 6.03. The number of piperazine rings is 1. The molecule has 1 aliphatic heterocycles. The van der Waals surface area contributed by atoms with Crippen molar-refractivity contribution in [1.29, 1.82) is 0 Å². The molecular weight excluding hydrogens is 537 g/mol. The molecule has 10 heteroatoms. The number of hydrogen-bond acceptors (Lipinski definition) is 4. The number of hydrogen-bond donors (Lipinski definition) is 1. The van der Waals surface area contributed by atoms with E-state index in [9.17, 15) is 23.9 Å². The first kappa shape index (κ1) is 28.9. The molecule has 3 aromatic rings. The van der Waals surface area contributed by atoms with Gasteiger partial charge in [-0.25, -0.2) is 9.18 Å². The van der Waals surface area contributed by atoms with Gasteiger partial charge >= 0.3 is 6.09 Å². The van der Waals surface area contributed by atoms with Crippen LogP contribution < -0.4 is 9.64 Å². The highest BCUT2D eigenvalue weighted by Gasteiger charge is 2.40. The number of para-hydroxylation sites is 1. The quantitative estimate of drug-likeness (QED) is 0.349. The summed E-state index contributed by atoms with van der Waals surface area (Å²) in [6, 6.07) is 19.7. The van der Waals surface area contributed by atoms with Gasteiger partial charge in [0.2, 0.25) is 5.91 Å². The van der Waals surface area contributed by atoms with Crippen molar-refractivity contribution in [2.24, 2.45) is 5.92 Å². The van der Waals surface area contributed by atoms with Crippen molar-refractivity contribution in [2.45, 2.75) is 25.9 Å². The maximum Gasteiger partial charge on any atom is 0.407 e. The number of carboxylic acid groups (broad SMARTS) is 1. The zero-order chi connectivity index (χ0) is 28.8. The molecule has 2 atom stereocenters. The minimum absolute atomic E-state index is 0.0475. The van der Waals surface area contributed by atoms with Gasteiger partial charge in [0.1, 0.15) is 29.2 Å². The number of nitrogens with zero attached hydrogens (tertiary/aromatic N) is 3. The van der Waals surface area contributed by atoms with Gasteiger partial charge in [-0.05, 0) is 60.0 Å². The second kappa shape index (κ2) is 12.8. The molecule has 0 radical (unpaired) electrons. The van der Waals surface area contributed by atoms with Crippen molar-refractivity contribution < 1.29 is 28.6 Å². The van der Waals surface area contributed by atoms with E-state index < -0.39 is 41.7 Å². The van der Waals surface area contributed by atoms with Crippen molar-refractivity contribution in [2.75, 3.05) is 30.4 Å². The van der Waals surface area contributed by atoms with Crippen LogP contribution in [0.3, 0.4) is 0 Å². The van der Waals surface area contributed by atoms with E-state index in [0.717, 1.165) is 0 Å². The average molecular weight is 568 g/mol. The maximum absolute atomic E-state index is 14.2. The first-order valence-corrected chi connectivity index (χ1v) is 13.5. The topological polar surface area (TPSA) is 90.4 Å². The van der Waals surface area contributed by atoms with Crippen molar-refractivity contribution in [3.05, 3.63) is 90.2 Å². The maximum atomic E-state index is 14.2. The standard InChI is InChI=1S/C30H31ClFN3O5/c1-20(2)26-19-33(16-17-34(26)30(38)39)29(37)28(21-8-10-22(32)11-9-21)35(27(36)18-31)23-12-14-25(15-13-23)40-24-6-4-3-5-7-24/h3-15,20,26,28H,16-19H2,1-2H3,(H,38,39)/t26?,28-/m1/s1. The van der Waals surface area contributed by atoms with Crippen LogP contribution in [0.4, 0.5) is 14.9 Å². The molecule has 1 aliphatic rings. The van der Waals surface area contributed by atoms with Gasteiger partial charge in [-0.3, -0.25) is 14.5 Å². The molecular formula is C30H31ClFN3O5. The Labute approximate surface area is 237 Å². The molecule has 8 nitrogen and oxygen atoms in total. The molecule has 0 aromatic heterocycles. The third kappa shape index (κ3) is 6.54. The lowest BCUT2D eigenvalue weighted by Gasteiger charge is -2.44. The Morgan fingerprint density at radius 2 is 1.60 bits per heavy atom. The summed E-state index contributed by atoms with van der Waals surface area (Å²) < 4.78 is 19.7. The van der Waals surface area contributed by atoms with E-state index in [4.69, 9.17) is 16.3 Å². The molecule has 0 saturated carbocycles. The third-order valence-electron chi connectivity index (χ3n) is 6.90. The van der Waals surface area contributed by atoms with Crippen LogP contribution in [-0.2, 0) is 9.59 Å². The molecule has 0 aliphatic carbocycles. The van der Waals surface area contributed by atoms with Crippen LogP contribution in [0.5, 0.6) is 11.5 Å². The van der Waals surface area contributed by atoms with Crippen molar-refractivity contribution in [3.8, 4) is 11.5 Å². The predicted molar refractivity (Wildman–Crippen MR) is 150 cm³/mol. The lowest BCUT2D eigenvalue weighted by molar-refractivity contribution is -0.137. The Kier molecular flexibility index (Phi) is 9.26. The number of amides is 3. The Balaban J connectivity index is 1.70. The number of ether oxygens (including phenoxy) is 1. The molecule has 210 valence electrons. The van der Waals surface area contributed by atoms with E-state index in [2.05, 4.69) is 0 Å². The van der Waals surface area contributed by atoms with Crippen molar-refractivity contribution >= 4 is 35.2 Å². The average Bonchev–Trinajstić information content (AvgIpc) is 2.96. The minimum Gasteiger partial charge on any atom is -0.465 e. The Morgan fingerprint density at radius 3 is 2.17 bits per heavy atom. The number of carbonyl (C=O) groups excluding carboxylic acids is 2. The van der Waals surface area contributed by atoms with Gasteiger partial charge in [0.15, 0.2) is 0 Å². The highest BCUT2D eigenvalue weighted by molar-refractivity contribution is 6.29. The lowest BCUT2D eigenvalue weighted by atomic mass is 9.97. The van der Waals surface area contributed by atoms with Gasteiger partial charge in [-0.15, -0.1) is 11.6 Å². The summed E-state index contributed by atoms with van der Waals surface area (Å²) in [4.78, 5) is 43.5. The number of anilines is 1. The molecule has 0 spiro atoms. The molecule has 40 heavy (non-hydrogen) atoms. The van der Waals surface area contributed by atoms with Gasteiger partial charge in [-0.2, -0.15) is 0 Å². The summed E-state index contributed by atoms with van der Waals surface area (Å²) in [6.45, 7) is 4.24. The van der Waals surface area contributed by atoms with Crippen molar-refractivity contribution in [1.82, 2.24) is 9.80 Å². The van der Waals surface area contributed by atoms with Crippen LogP contribution in [0.2, 0.25) is 0 Å². The summed E-state index contributed by atoms with van der Waals surface area (Å²) in [6.07, 6.45) is -1.04. The Bertz CT molecular complexity index is 1320. The first-order chi connectivity index (χ1) is 19.2. The van der Waals surface area contributed by atoms with E-state index in [1.165, 1.54) is 34.1 Å². The number of alkyl halides is 1. The monoisotopic (exact) mass is 567 g/mol. The molecule has 1 N–H and O–H groups in total. The molecule has 3 amide bonds.